The van der Waals surface area contributed by atoms with E-state index in [0.717, 1.165) is 10.9 Å². The van der Waals surface area contributed by atoms with Gasteiger partial charge in [-0.15, -0.1) is 6.42 Å². The van der Waals surface area contributed by atoms with Gasteiger partial charge >= 0.3 is 0 Å². The van der Waals surface area contributed by atoms with E-state index in [9.17, 15) is 4.79 Å². The lowest BCUT2D eigenvalue weighted by Crippen LogP contribution is -2.37. The standard InChI is InChI=1S/C14H15N3O/c1-4-12(9(2)3)16-14(18)10-5-6-11-8-15-17-13(11)7-10/h1,5-9,12H,2-3H3,(H,15,17)(H,16,18). The number of hydrogen-bond acceptors (Lipinski definition) is 2. The van der Waals surface area contributed by atoms with Crippen molar-refractivity contribution in [3.05, 3.63) is 30.0 Å². The Balaban J connectivity index is 2.20. The van der Waals surface area contributed by atoms with E-state index in [4.69, 9.17) is 6.42 Å². The molecule has 1 unspecified atom stereocenters. The normalized spacial score (nSPS) is 12.3. The van der Waals surface area contributed by atoms with Gasteiger partial charge in [0.25, 0.3) is 5.91 Å². The highest BCUT2D eigenvalue weighted by Crippen LogP contribution is 2.13. The molecule has 1 amide bonds. The van der Waals surface area contributed by atoms with Crippen molar-refractivity contribution in [3.8, 4) is 12.3 Å². The van der Waals surface area contributed by atoms with Crippen LogP contribution < -0.4 is 5.32 Å². The van der Waals surface area contributed by atoms with E-state index >= 15 is 0 Å². The van der Waals surface area contributed by atoms with Crippen molar-refractivity contribution in [1.82, 2.24) is 15.5 Å². The van der Waals surface area contributed by atoms with Crippen molar-refractivity contribution >= 4 is 16.8 Å². The molecule has 0 aliphatic heterocycles. The maximum Gasteiger partial charge on any atom is 0.252 e. The molecule has 0 bridgehead atoms. The van der Waals surface area contributed by atoms with Gasteiger partial charge in [-0.25, -0.2) is 0 Å². The van der Waals surface area contributed by atoms with Crippen LogP contribution in [0.5, 0.6) is 0 Å². The summed E-state index contributed by atoms with van der Waals surface area (Å²) in [6.07, 6.45) is 7.11. The molecule has 4 heteroatoms. The molecular formula is C14H15N3O. The summed E-state index contributed by atoms with van der Waals surface area (Å²) in [4.78, 5) is 12.0. The van der Waals surface area contributed by atoms with E-state index in [0.29, 0.717) is 5.56 Å². The lowest BCUT2D eigenvalue weighted by molar-refractivity contribution is 0.0938. The maximum atomic E-state index is 12.0. The molecule has 0 fully saturated rings. The smallest absolute Gasteiger partial charge is 0.252 e. The van der Waals surface area contributed by atoms with Crippen LogP contribution in [-0.2, 0) is 0 Å². The van der Waals surface area contributed by atoms with Crippen LogP contribution in [0, 0.1) is 18.3 Å². The van der Waals surface area contributed by atoms with Crippen LogP contribution in [0.25, 0.3) is 10.9 Å². The van der Waals surface area contributed by atoms with Gasteiger partial charge in [0.05, 0.1) is 17.8 Å². The molecule has 2 rings (SSSR count). The number of amides is 1. The summed E-state index contributed by atoms with van der Waals surface area (Å²) in [7, 11) is 0. The summed E-state index contributed by atoms with van der Waals surface area (Å²) in [5.74, 6) is 2.62. The number of aromatic amines is 1. The highest BCUT2D eigenvalue weighted by atomic mass is 16.1. The quantitative estimate of drug-likeness (QED) is 0.807. The van der Waals surface area contributed by atoms with Crippen molar-refractivity contribution in [3.63, 3.8) is 0 Å². The number of rotatable bonds is 3. The van der Waals surface area contributed by atoms with Gasteiger partial charge in [0, 0.05) is 10.9 Å². The van der Waals surface area contributed by atoms with Crippen molar-refractivity contribution in [2.75, 3.05) is 0 Å². The molecule has 4 nitrogen and oxygen atoms in total. The van der Waals surface area contributed by atoms with Crippen LogP contribution in [-0.4, -0.2) is 22.1 Å². The van der Waals surface area contributed by atoms with E-state index in [2.05, 4.69) is 21.4 Å². The van der Waals surface area contributed by atoms with Crippen molar-refractivity contribution < 1.29 is 4.79 Å². The second-order valence-electron chi connectivity index (χ2n) is 4.53. The zero-order chi connectivity index (χ0) is 13.1. The highest BCUT2D eigenvalue weighted by Gasteiger charge is 2.15. The summed E-state index contributed by atoms with van der Waals surface area (Å²) in [6.45, 7) is 3.95. The molecule has 92 valence electrons. The fraction of sp³-hybridized carbons (Fsp3) is 0.286. The van der Waals surface area contributed by atoms with Crippen molar-refractivity contribution in [2.45, 2.75) is 19.9 Å². The van der Waals surface area contributed by atoms with Gasteiger partial charge in [-0.3, -0.25) is 9.89 Å². The third-order valence-electron chi connectivity index (χ3n) is 2.84. The third kappa shape index (κ3) is 2.35. The molecular weight excluding hydrogens is 226 g/mol. The number of nitrogens with zero attached hydrogens (tertiary/aromatic N) is 1. The molecule has 0 radical (unpaired) electrons. The third-order valence-corrected chi connectivity index (χ3v) is 2.84. The number of hydrogen-bond donors (Lipinski definition) is 2. The molecule has 2 N–H and O–H groups in total. The number of carbonyl (C=O) groups is 1. The molecule has 18 heavy (non-hydrogen) atoms. The average Bonchev–Trinajstić information content (AvgIpc) is 2.82. The summed E-state index contributed by atoms with van der Waals surface area (Å²) < 4.78 is 0. The van der Waals surface area contributed by atoms with Crippen LogP contribution in [0.3, 0.4) is 0 Å². The van der Waals surface area contributed by atoms with Gasteiger partial charge in [-0.2, -0.15) is 5.10 Å². The van der Waals surface area contributed by atoms with Gasteiger partial charge in [0.15, 0.2) is 0 Å². The molecule has 0 saturated carbocycles. The van der Waals surface area contributed by atoms with Crippen LogP contribution in [0.1, 0.15) is 24.2 Å². The Labute approximate surface area is 106 Å². The number of aromatic nitrogens is 2. The van der Waals surface area contributed by atoms with Crippen LogP contribution in [0.15, 0.2) is 24.4 Å². The molecule has 2 aromatic rings. The van der Waals surface area contributed by atoms with Crippen LogP contribution in [0.2, 0.25) is 0 Å². The molecule has 0 aliphatic carbocycles. The van der Waals surface area contributed by atoms with E-state index < -0.39 is 0 Å². The molecule has 1 aromatic heterocycles. The van der Waals surface area contributed by atoms with Crippen molar-refractivity contribution in [2.24, 2.45) is 5.92 Å². The molecule has 1 aromatic carbocycles. The summed E-state index contributed by atoms with van der Waals surface area (Å²) >= 11 is 0. The topological polar surface area (TPSA) is 57.8 Å². The Morgan fingerprint density at radius 3 is 2.94 bits per heavy atom. The highest BCUT2D eigenvalue weighted by molar-refractivity contribution is 5.98. The van der Waals surface area contributed by atoms with E-state index in [1.165, 1.54) is 0 Å². The fourth-order valence-electron chi connectivity index (χ4n) is 1.70. The summed E-state index contributed by atoms with van der Waals surface area (Å²) in [5.41, 5.74) is 1.41. The predicted octanol–water partition coefficient (Wildman–Crippen LogP) is 1.95. The summed E-state index contributed by atoms with van der Waals surface area (Å²) in [6, 6.07) is 5.13. The minimum absolute atomic E-state index is 0.164. The van der Waals surface area contributed by atoms with Crippen LogP contribution >= 0.6 is 0 Å². The number of terminal acetylenes is 1. The predicted molar refractivity (Wildman–Crippen MR) is 71.0 cm³/mol. The Bertz CT molecular complexity index is 607. The Kier molecular flexibility index (Phi) is 3.33. The number of carbonyl (C=O) groups excluding carboxylic acids is 1. The molecule has 0 aliphatic rings. The molecule has 1 heterocycles. The monoisotopic (exact) mass is 241 g/mol. The second-order valence-corrected chi connectivity index (χ2v) is 4.53. The Morgan fingerprint density at radius 1 is 1.50 bits per heavy atom. The first-order valence-electron chi connectivity index (χ1n) is 5.82. The zero-order valence-corrected chi connectivity index (χ0v) is 10.4. The molecule has 0 spiro atoms. The number of fused-ring (bicyclic) bond motifs is 1. The average molecular weight is 241 g/mol. The van der Waals surface area contributed by atoms with Gasteiger partial charge in [-0.1, -0.05) is 25.8 Å². The number of nitrogens with one attached hydrogen (secondary N) is 2. The van der Waals surface area contributed by atoms with Crippen molar-refractivity contribution in [1.29, 1.82) is 0 Å². The maximum absolute atomic E-state index is 12.0. The number of H-pyrrole nitrogens is 1. The van der Waals surface area contributed by atoms with E-state index in [1.807, 2.05) is 19.9 Å². The Morgan fingerprint density at radius 2 is 2.28 bits per heavy atom. The Hall–Kier alpha value is -2.28. The van der Waals surface area contributed by atoms with Gasteiger partial charge in [-0.05, 0) is 18.1 Å². The first-order valence-corrected chi connectivity index (χ1v) is 5.82. The summed E-state index contributed by atoms with van der Waals surface area (Å²) in [5, 5.41) is 10.6. The second kappa shape index (κ2) is 4.92. The van der Waals surface area contributed by atoms with E-state index in [-0.39, 0.29) is 17.9 Å². The van der Waals surface area contributed by atoms with Gasteiger partial charge < -0.3 is 5.32 Å². The SMILES string of the molecule is C#CC(NC(=O)c1ccc2cn[nH]c2c1)C(C)C. The minimum Gasteiger partial charge on any atom is -0.338 e. The van der Waals surface area contributed by atoms with E-state index in [1.54, 1.807) is 18.3 Å². The number of benzene rings is 1. The van der Waals surface area contributed by atoms with Gasteiger partial charge in [0.2, 0.25) is 0 Å². The molecule has 0 saturated heterocycles. The largest absolute Gasteiger partial charge is 0.338 e. The first kappa shape index (κ1) is 12.2. The molecule has 1 atom stereocenters. The lowest BCUT2D eigenvalue weighted by Gasteiger charge is -2.16. The van der Waals surface area contributed by atoms with Crippen LogP contribution in [0.4, 0.5) is 0 Å². The minimum atomic E-state index is -0.255. The fourth-order valence-corrected chi connectivity index (χ4v) is 1.70. The lowest BCUT2D eigenvalue weighted by atomic mass is 10.0. The zero-order valence-electron chi connectivity index (χ0n) is 10.4. The van der Waals surface area contributed by atoms with Gasteiger partial charge in [0.1, 0.15) is 0 Å². The first-order chi connectivity index (χ1) is 8.61.